The summed E-state index contributed by atoms with van der Waals surface area (Å²) in [4.78, 5) is 37.1. The van der Waals surface area contributed by atoms with Crippen molar-refractivity contribution in [1.29, 1.82) is 0 Å². The number of carbonyl (C=O) groups is 2. The van der Waals surface area contributed by atoms with Gasteiger partial charge in [-0.05, 0) is 18.6 Å². The summed E-state index contributed by atoms with van der Waals surface area (Å²) in [6.45, 7) is 1.31. The van der Waals surface area contributed by atoms with Gasteiger partial charge >= 0.3 is 5.97 Å². The molecule has 8 nitrogen and oxygen atoms in total. The summed E-state index contributed by atoms with van der Waals surface area (Å²) in [5.74, 6) is -0.674. The van der Waals surface area contributed by atoms with Crippen molar-refractivity contribution >= 4 is 34.8 Å². The monoisotopic (exact) mass is 309 g/mol. The molecule has 0 aliphatic heterocycles. The van der Waals surface area contributed by atoms with Crippen LogP contribution in [0.3, 0.4) is 0 Å². The third-order valence-electron chi connectivity index (χ3n) is 2.74. The second kappa shape index (κ2) is 7.02. The SMILES string of the molecule is CC(=O)N[C@H](CCCSc1ncnc2nc[nH]c12)C(=O)O. The van der Waals surface area contributed by atoms with Gasteiger partial charge in [0.15, 0.2) is 5.65 Å². The van der Waals surface area contributed by atoms with Gasteiger partial charge in [-0.15, -0.1) is 11.8 Å². The molecule has 0 bridgehead atoms. The number of aromatic amines is 1. The summed E-state index contributed by atoms with van der Waals surface area (Å²) in [7, 11) is 0. The topological polar surface area (TPSA) is 121 Å². The summed E-state index contributed by atoms with van der Waals surface area (Å²) < 4.78 is 0. The van der Waals surface area contributed by atoms with E-state index in [2.05, 4.69) is 25.3 Å². The van der Waals surface area contributed by atoms with Gasteiger partial charge in [0.25, 0.3) is 0 Å². The highest BCUT2D eigenvalue weighted by Gasteiger charge is 2.17. The number of H-pyrrole nitrogens is 1. The zero-order chi connectivity index (χ0) is 15.2. The predicted octanol–water partition coefficient (Wildman–Crippen LogP) is 0.815. The van der Waals surface area contributed by atoms with Crippen LogP contribution in [0, 0.1) is 0 Å². The Morgan fingerprint density at radius 1 is 1.43 bits per heavy atom. The number of rotatable bonds is 7. The van der Waals surface area contributed by atoms with Crippen LogP contribution in [0.15, 0.2) is 17.7 Å². The van der Waals surface area contributed by atoms with Gasteiger partial charge in [-0.3, -0.25) is 4.79 Å². The van der Waals surface area contributed by atoms with Crippen LogP contribution in [-0.4, -0.2) is 48.7 Å². The van der Waals surface area contributed by atoms with Crippen LogP contribution in [0.1, 0.15) is 19.8 Å². The lowest BCUT2D eigenvalue weighted by Gasteiger charge is -2.12. The Hall–Kier alpha value is -2.16. The van der Waals surface area contributed by atoms with E-state index in [1.54, 1.807) is 6.33 Å². The highest BCUT2D eigenvalue weighted by molar-refractivity contribution is 7.99. The fourth-order valence-electron chi connectivity index (χ4n) is 1.81. The molecular weight excluding hydrogens is 294 g/mol. The molecule has 21 heavy (non-hydrogen) atoms. The standard InChI is InChI=1S/C12H15N5O3S/c1-7(18)17-8(12(19)20)3-2-4-21-11-9-10(14-5-13-9)15-6-16-11/h5-6,8H,2-4H2,1H3,(H,17,18)(H,19,20)(H,13,14,15,16)/t8-/m1/s1. The number of aromatic nitrogens is 4. The van der Waals surface area contributed by atoms with E-state index in [1.807, 2.05) is 0 Å². The molecule has 1 atom stereocenters. The molecule has 0 aliphatic carbocycles. The van der Waals surface area contributed by atoms with Crippen LogP contribution in [0.5, 0.6) is 0 Å². The normalized spacial score (nSPS) is 12.2. The molecule has 2 rings (SSSR count). The van der Waals surface area contributed by atoms with Crippen LogP contribution in [0.2, 0.25) is 0 Å². The summed E-state index contributed by atoms with van der Waals surface area (Å²) >= 11 is 1.50. The smallest absolute Gasteiger partial charge is 0.326 e. The van der Waals surface area contributed by atoms with Crippen LogP contribution >= 0.6 is 11.8 Å². The number of nitrogens with one attached hydrogen (secondary N) is 2. The molecule has 0 unspecified atom stereocenters. The lowest BCUT2D eigenvalue weighted by atomic mass is 10.2. The molecule has 0 aliphatic rings. The second-order valence-electron chi connectivity index (χ2n) is 4.36. The van der Waals surface area contributed by atoms with E-state index in [1.165, 1.54) is 25.0 Å². The number of imidazole rings is 1. The van der Waals surface area contributed by atoms with Crippen molar-refractivity contribution in [2.24, 2.45) is 0 Å². The maximum Gasteiger partial charge on any atom is 0.326 e. The highest BCUT2D eigenvalue weighted by Crippen LogP contribution is 2.22. The molecule has 0 spiro atoms. The summed E-state index contributed by atoms with van der Waals surface area (Å²) in [6, 6.07) is -0.847. The van der Waals surface area contributed by atoms with Crippen LogP contribution < -0.4 is 5.32 Å². The molecule has 0 aromatic carbocycles. The van der Waals surface area contributed by atoms with Gasteiger partial charge < -0.3 is 15.4 Å². The molecule has 2 heterocycles. The molecule has 1 amide bonds. The van der Waals surface area contributed by atoms with Gasteiger partial charge in [0.1, 0.15) is 22.9 Å². The first-order valence-corrected chi connectivity index (χ1v) is 7.33. The van der Waals surface area contributed by atoms with Gasteiger partial charge in [-0.2, -0.15) is 0 Å². The lowest BCUT2D eigenvalue weighted by molar-refractivity contribution is -0.141. The number of carboxylic acids is 1. The maximum atomic E-state index is 11.0. The van der Waals surface area contributed by atoms with Gasteiger partial charge in [0, 0.05) is 6.92 Å². The van der Waals surface area contributed by atoms with E-state index in [9.17, 15) is 9.59 Å². The minimum Gasteiger partial charge on any atom is -0.480 e. The van der Waals surface area contributed by atoms with Gasteiger partial charge in [0.2, 0.25) is 5.91 Å². The Morgan fingerprint density at radius 3 is 2.95 bits per heavy atom. The van der Waals surface area contributed by atoms with E-state index in [4.69, 9.17) is 5.11 Å². The zero-order valence-electron chi connectivity index (χ0n) is 11.4. The van der Waals surface area contributed by atoms with E-state index in [0.717, 1.165) is 10.5 Å². The zero-order valence-corrected chi connectivity index (χ0v) is 12.2. The predicted molar refractivity (Wildman–Crippen MR) is 76.9 cm³/mol. The molecule has 2 aromatic rings. The quantitative estimate of drug-likeness (QED) is 0.393. The van der Waals surface area contributed by atoms with Crippen LogP contribution in [0.4, 0.5) is 0 Å². The average Bonchev–Trinajstić information content (AvgIpc) is 2.90. The highest BCUT2D eigenvalue weighted by atomic mass is 32.2. The summed E-state index contributed by atoms with van der Waals surface area (Å²) in [5, 5.41) is 12.2. The fourth-order valence-corrected chi connectivity index (χ4v) is 2.73. The van der Waals surface area contributed by atoms with Crippen molar-refractivity contribution in [1.82, 2.24) is 25.3 Å². The minimum atomic E-state index is -1.02. The van der Waals surface area contributed by atoms with Crippen LogP contribution in [-0.2, 0) is 9.59 Å². The number of carbonyl (C=O) groups excluding carboxylic acids is 1. The number of carboxylic acid groups (broad SMARTS) is 1. The first-order valence-electron chi connectivity index (χ1n) is 6.34. The van der Waals surface area contributed by atoms with Crippen molar-refractivity contribution in [2.45, 2.75) is 30.8 Å². The largest absolute Gasteiger partial charge is 0.480 e. The fraction of sp³-hybridized carbons (Fsp3) is 0.417. The Bertz CT molecular complexity index is 645. The van der Waals surface area contributed by atoms with Crippen LogP contribution in [0.25, 0.3) is 11.2 Å². The number of nitrogens with zero attached hydrogens (tertiary/aromatic N) is 3. The number of fused-ring (bicyclic) bond motifs is 1. The van der Waals surface area contributed by atoms with Crippen molar-refractivity contribution in [3.05, 3.63) is 12.7 Å². The maximum absolute atomic E-state index is 11.0. The molecular formula is C12H15N5O3S. The molecule has 3 N–H and O–H groups in total. The van der Waals surface area contributed by atoms with Gasteiger partial charge in [0.05, 0.1) is 6.33 Å². The van der Waals surface area contributed by atoms with Crippen molar-refractivity contribution in [3.63, 3.8) is 0 Å². The van der Waals surface area contributed by atoms with Gasteiger partial charge in [-0.25, -0.2) is 19.7 Å². The molecule has 112 valence electrons. The first-order chi connectivity index (χ1) is 10.1. The second-order valence-corrected chi connectivity index (χ2v) is 5.45. The van der Waals surface area contributed by atoms with E-state index in [-0.39, 0.29) is 5.91 Å². The molecule has 0 fully saturated rings. The first kappa shape index (κ1) is 15.2. The molecule has 9 heteroatoms. The average molecular weight is 309 g/mol. The Labute approximate surface area is 124 Å². The molecule has 2 aromatic heterocycles. The third-order valence-corrected chi connectivity index (χ3v) is 3.82. The van der Waals surface area contributed by atoms with Gasteiger partial charge in [-0.1, -0.05) is 0 Å². The van der Waals surface area contributed by atoms with Crippen molar-refractivity contribution in [2.75, 3.05) is 5.75 Å². The summed E-state index contributed by atoms with van der Waals surface area (Å²) in [5.41, 5.74) is 1.38. The molecule has 0 saturated heterocycles. The van der Waals surface area contributed by atoms with E-state index in [0.29, 0.717) is 24.2 Å². The van der Waals surface area contributed by atoms with Crippen molar-refractivity contribution in [3.8, 4) is 0 Å². The number of hydrogen-bond acceptors (Lipinski definition) is 6. The molecule has 0 radical (unpaired) electrons. The van der Waals surface area contributed by atoms with E-state index < -0.39 is 12.0 Å². The number of aliphatic carboxylic acids is 1. The minimum absolute atomic E-state index is 0.343. The van der Waals surface area contributed by atoms with E-state index >= 15 is 0 Å². The summed E-state index contributed by atoms with van der Waals surface area (Å²) in [6.07, 6.45) is 4.02. The lowest BCUT2D eigenvalue weighted by Crippen LogP contribution is -2.39. The Balaban J connectivity index is 1.85. The molecule has 0 saturated carbocycles. The number of thioether (sulfide) groups is 1. The number of amides is 1. The third kappa shape index (κ3) is 4.15. The Kier molecular flexibility index (Phi) is 5.09. The Morgan fingerprint density at radius 2 is 2.24 bits per heavy atom. The number of hydrogen-bond donors (Lipinski definition) is 3. The van der Waals surface area contributed by atoms with Crippen molar-refractivity contribution < 1.29 is 14.7 Å².